The average Bonchev–Trinajstić information content (AvgIpc) is 2.80. The lowest BCUT2D eigenvalue weighted by Crippen LogP contribution is -2.28. The first kappa shape index (κ1) is 12.6. The number of hydrogen-bond acceptors (Lipinski definition) is 3. The maximum atomic E-state index is 11.9. The fourth-order valence-electron chi connectivity index (χ4n) is 1.77. The fraction of sp³-hybridized carbons (Fsp3) is 0.357. The number of benzene rings is 1. The van der Waals surface area contributed by atoms with Gasteiger partial charge in [0.15, 0.2) is 5.76 Å². The molecule has 4 nitrogen and oxygen atoms in total. The molecule has 0 fully saturated rings. The molecule has 1 unspecified atom stereocenters. The molecule has 0 saturated heterocycles. The molecule has 1 atom stereocenters. The first-order valence-corrected chi connectivity index (χ1v) is 6.08. The number of carbonyl (C=O) groups is 1. The van der Waals surface area contributed by atoms with Gasteiger partial charge in [-0.2, -0.15) is 0 Å². The van der Waals surface area contributed by atoms with Crippen molar-refractivity contribution in [2.45, 2.75) is 13.3 Å². The lowest BCUT2D eigenvalue weighted by molar-refractivity contribution is 0.0920. The Morgan fingerprint density at radius 2 is 2.22 bits per heavy atom. The molecular weight excluding hydrogens is 230 g/mol. The van der Waals surface area contributed by atoms with Gasteiger partial charge >= 0.3 is 0 Å². The van der Waals surface area contributed by atoms with Crippen LogP contribution in [0.2, 0.25) is 0 Å². The van der Waals surface area contributed by atoms with E-state index in [2.05, 4.69) is 5.32 Å². The third kappa shape index (κ3) is 2.90. The highest BCUT2D eigenvalue weighted by molar-refractivity contribution is 5.96. The molecule has 0 radical (unpaired) electrons. The summed E-state index contributed by atoms with van der Waals surface area (Å²) in [5.74, 6) is 0.367. The molecule has 1 heterocycles. The number of nitrogens with one attached hydrogen (secondary N) is 1. The van der Waals surface area contributed by atoms with E-state index in [1.807, 2.05) is 31.2 Å². The zero-order chi connectivity index (χ0) is 13.0. The summed E-state index contributed by atoms with van der Waals surface area (Å²) in [5.41, 5.74) is 0.714. The van der Waals surface area contributed by atoms with Crippen LogP contribution in [0, 0.1) is 5.92 Å². The molecule has 0 bridgehead atoms. The molecule has 18 heavy (non-hydrogen) atoms. The molecule has 4 heteroatoms. The van der Waals surface area contributed by atoms with Crippen LogP contribution in [0.25, 0.3) is 11.0 Å². The second kappa shape index (κ2) is 5.69. The SMILES string of the molecule is CC(CCO)CNC(=O)c1cc2ccccc2o1. The number of rotatable bonds is 5. The van der Waals surface area contributed by atoms with Crippen molar-refractivity contribution in [3.8, 4) is 0 Å². The number of carbonyl (C=O) groups excluding carboxylic acids is 1. The molecule has 0 aliphatic heterocycles. The predicted octanol–water partition coefficient (Wildman–Crippen LogP) is 2.18. The van der Waals surface area contributed by atoms with Gasteiger partial charge in [-0.15, -0.1) is 0 Å². The third-order valence-corrected chi connectivity index (χ3v) is 2.88. The van der Waals surface area contributed by atoms with Crippen molar-refractivity contribution in [2.24, 2.45) is 5.92 Å². The largest absolute Gasteiger partial charge is 0.451 e. The van der Waals surface area contributed by atoms with Crippen LogP contribution in [0.3, 0.4) is 0 Å². The van der Waals surface area contributed by atoms with E-state index in [0.717, 1.165) is 5.39 Å². The van der Waals surface area contributed by atoms with Crippen molar-refractivity contribution in [1.29, 1.82) is 0 Å². The summed E-state index contributed by atoms with van der Waals surface area (Å²) in [6.45, 7) is 2.66. The van der Waals surface area contributed by atoms with Crippen LogP contribution in [0.5, 0.6) is 0 Å². The van der Waals surface area contributed by atoms with E-state index in [1.54, 1.807) is 6.07 Å². The van der Waals surface area contributed by atoms with E-state index in [0.29, 0.717) is 24.3 Å². The lowest BCUT2D eigenvalue weighted by atomic mass is 10.1. The molecule has 96 valence electrons. The Bertz CT molecular complexity index is 500. The van der Waals surface area contributed by atoms with Crippen molar-refractivity contribution >= 4 is 16.9 Å². The van der Waals surface area contributed by atoms with E-state index in [4.69, 9.17) is 9.52 Å². The molecular formula is C14H17NO3. The van der Waals surface area contributed by atoms with Gasteiger partial charge in [0.25, 0.3) is 5.91 Å². The summed E-state index contributed by atoms with van der Waals surface area (Å²) >= 11 is 0. The first-order valence-electron chi connectivity index (χ1n) is 6.08. The summed E-state index contributed by atoms with van der Waals surface area (Å²) in [5, 5.41) is 12.5. The highest BCUT2D eigenvalue weighted by Gasteiger charge is 2.12. The van der Waals surface area contributed by atoms with Crippen molar-refractivity contribution in [1.82, 2.24) is 5.32 Å². The zero-order valence-corrected chi connectivity index (χ0v) is 10.3. The number of hydrogen-bond donors (Lipinski definition) is 2. The monoisotopic (exact) mass is 247 g/mol. The van der Waals surface area contributed by atoms with Gasteiger partial charge < -0.3 is 14.8 Å². The number of fused-ring (bicyclic) bond motifs is 1. The minimum atomic E-state index is -0.212. The van der Waals surface area contributed by atoms with Crippen LogP contribution in [0.4, 0.5) is 0 Å². The van der Waals surface area contributed by atoms with Gasteiger partial charge in [-0.1, -0.05) is 25.1 Å². The van der Waals surface area contributed by atoms with Gasteiger partial charge in [-0.05, 0) is 24.5 Å². The minimum Gasteiger partial charge on any atom is -0.451 e. The van der Waals surface area contributed by atoms with E-state index in [-0.39, 0.29) is 18.4 Å². The molecule has 1 amide bonds. The van der Waals surface area contributed by atoms with Crippen molar-refractivity contribution < 1.29 is 14.3 Å². The maximum Gasteiger partial charge on any atom is 0.287 e. The predicted molar refractivity (Wildman–Crippen MR) is 69.4 cm³/mol. The van der Waals surface area contributed by atoms with Gasteiger partial charge in [0.1, 0.15) is 5.58 Å². The number of aliphatic hydroxyl groups excluding tert-OH is 1. The van der Waals surface area contributed by atoms with Crippen molar-refractivity contribution in [3.05, 3.63) is 36.1 Å². The fourth-order valence-corrected chi connectivity index (χ4v) is 1.77. The van der Waals surface area contributed by atoms with Crippen molar-refractivity contribution in [2.75, 3.05) is 13.2 Å². The summed E-state index contributed by atoms with van der Waals surface area (Å²) < 4.78 is 5.46. The molecule has 2 rings (SSSR count). The van der Waals surface area contributed by atoms with Gasteiger partial charge in [0, 0.05) is 18.5 Å². The Kier molecular flexibility index (Phi) is 3.99. The Labute approximate surface area is 106 Å². The van der Waals surface area contributed by atoms with Crippen LogP contribution in [0.15, 0.2) is 34.7 Å². The molecule has 0 aliphatic carbocycles. The normalized spacial score (nSPS) is 12.6. The van der Waals surface area contributed by atoms with E-state index >= 15 is 0 Å². The van der Waals surface area contributed by atoms with Crippen LogP contribution >= 0.6 is 0 Å². The minimum absolute atomic E-state index is 0.141. The summed E-state index contributed by atoms with van der Waals surface area (Å²) in [6.07, 6.45) is 0.681. The lowest BCUT2D eigenvalue weighted by Gasteiger charge is -2.09. The third-order valence-electron chi connectivity index (χ3n) is 2.88. The molecule has 1 aromatic heterocycles. The van der Waals surface area contributed by atoms with Crippen LogP contribution in [-0.4, -0.2) is 24.2 Å². The quantitative estimate of drug-likeness (QED) is 0.851. The smallest absolute Gasteiger partial charge is 0.287 e. The topological polar surface area (TPSA) is 62.5 Å². The molecule has 2 N–H and O–H groups in total. The van der Waals surface area contributed by atoms with Gasteiger partial charge in [-0.3, -0.25) is 4.79 Å². The van der Waals surface area contributed by atoms with E-state index < -0.39 is 0 Å². The second-order valence-corrected chi connectivity index (χ2v) is 4.48. The molecule has 2 aromatic rings. The number of amides is 1. The number of aliphatic hydroxyl groups is 1. The van der Waals surface area contributed by atoms with Gasteiger partial charge in [-0.25, -0.2) is 0 Å². The standard InChI is InChI=1S/C14H17NO3/c1-10(6-7-16)9-15-14(17)13-8-11-4-2-3-5-12(11)18-13/h2-5,8,10,16H,6-7,9H2,1H3,(H,15,17). The first-order chi connectivity index (χ1) is 8.70. The highest BCUT2D eigenvalue weighted by Crippen LogP contribution is 2.18. The molecule has 0 spiro atoms. The average molecular weight is 247 g/mol. The Morgan fingerprint density at radius 1 is 1.44 bits per heavy atom. The van der Waals surface area contributed by atoms with E-state index in [9.17, 15) is 4.79 Å². The van der Waals surface area contributed by atoms with Crippen LogP contribution in [0.1, 0.15) is 23.9 Å². The summed E-state index contributed by atoms with van der Waals surface area (Å²) in [4.78, 5) is 11.9. The number of para-hydroxylation sites is 1. The Balaban J connectivity index is 2.00. The maximum absolute atomic E-state index is 11.9. The van der Waals surface area contributed by atoms with Crippen LogP contribution < -0.4 is 5.32 Å². The zero-order valence-electron chi connectivity index (χ0n) is 10.3. The second-order valence-electron chi connectivity index (χ2n) is 4.48. The van der Waals surface area contributed by atoms with E-state index in [1.165, 1.54) is 0 Å². The Hall–Kier alpha value is -1.81. The highest BCUT2D eigenvalue weighted by atomic mass is 16.3. The Morgan fingerprint density at radius 3 is 2.94 bits per heavy atom. The molecule has 0 saturated carbocycles. The van der Waals surface area contributed by atoms with Gasteiger partial charge in [0.2, 0.25) is 0 Å². The number of furan rings is 1. The summed E-state index contributed by atoms with van der Waals surface area (Å²) in [7, 11) is 0. The van der Waals surface area contributed by atoms with Crippen molar-refractivity contribution in [3.63, 3.8) is 0 Å². The summed E-state index contributed by atoms with van der Waals surface area (Å²) in [6, 6.07) is 9.26. The van der Waals surface area contributed by atoms with Gasteiger partial charge in [0.05, 0.1) is 0 Å². The molecule has 0 aliphatic rings. The molecule has 1 aromatic carbocycles. The van der Waals surface area contributed by atoms with Crippen LogP contribution in [-0.2, 0) is 0 Å².